The Balaban J connectivity index is 4.43. The maximum absolute atomic E-state index is 10.5. The van der Waals surface area contributed by atoms with Gasteiger partial charge >= 0.3 is 34.6 Å². The standard InChI is InChI=1S/6FH.Ni/h6*1H;/q;;;;;;+2/p-6. The summed E-state index contributed by atoms with van der Waals surface area (Å²) in [6, 6.07) is 0. The second-order valence-electron chi connectivity index (χ2n) is 0.678. The molecule has 0 saturated heterocycles. The summed E-state index contributed by atoms with van der Waals surface area (Å²) in [7, 11) is 0. The molecule has 0 aromatic rings. The van der Waals surface area contributed by atoms with Gasteiger partial charge in [0.05, 0.1) is 0 Å². The Morgan fingerprint density at radius 2 is 0.571 bits per heavy atom. The van der Waals surface area contributed by atoms with Crippen molar-refractivity contribution >= 4 is 0 Å². The summed E-state index contributed by atoms with van der Waals surface area (Å²) in [5, 5.41) is 0. The van der Waals surface area contributed by atoms with Gasteiger partial charge in [-0.2, -0.15) is 0 Å². The van der Waals surface area contributed by atoms with E-state index in [0.29, 0.717) is 0 Å². The quantitative estimate of drug-likeness (QED) is 0.389. The van der Waals surface area contributed by atoms with Gasteiger partial charge in [-0.3, -0.25) is 0 Å². The summed E-state index contributed by atoms with van der Waals surface area (Å²) in [5.74, 6) is 0. The normalized spacial score (nSPS) is 23.1. The van der Waals surface area contributed by atoms with Crippen molar-refractivity contribution in [2.45, 2.75) is 0 Å². The van der Waals surface area contributed by atoms with Gasteiger partial charge in [-0.15, -0.1) is 0 Å². The van der Waals surface area contributed by atoms with Crippen LogP contribution in [-0.2, 0) is 13.0 Å². The van der Waals surface area contributed by atoms with Crippen LogP contribution in [0, 0.1) is 0 Å². The summed E-state index contributed by atoms with van der Waals surface area (Å²) >= 11 is -10.5. The molecule has 0 nitrogen and oxygen atoms in total. The van der Waals surface area contributed by atoms with E-state index in [4.69, 9.17) is 0 Å². The van der Waals surface area contributed by atoms with E-state index in [1.807, 2.05) is 0 Å². The predicted octanol–water partition coefficient (Wildman–Crippen LogP) is 2.52. The Morgan fingerprint density at radius 3 is 0.571 bits per heavy atom. The fourth-order valence-corrected chi connectivity index (χ4v) is 0. The van der Waals surface area contributed by atoms with Gasteiger partial charge in [0.15, 0.2) is 0 Å². The van der Waals surface area contributed by atoms with E-state index in [9.17, 15) is 21.6 Å². The minimum atomic E-state index is -10.5. The van der Waals surface area contributed by atoms with Crippen LogP contribution in [0.5, 0.6) is 0 Å². The molecule has 0 amide bonds. The van der Waals surface area contributed by atoms with E-state index in [1.165, 1.54) is 0 Å². The molecule has 0 heterocycles. The van der Waals surface area contributed by atoms with Gasteiger partial charge in [-0.1, -0.05) is 0 Å². The summed E-state index contributed by atoms with van der Waals surface area (Å²) in [4.78, 5) is 0. The van der Waals surface area contributed by atoms with Crippen molar-refractivity contribution in [3.05, 3.63) is 0 Å². The number of hydrogen-bond donors (Lipinski definition) is 0. The molecule has 0 aliphatic rings. The molecule has 0 N–H and O–H groups in total. The summed E-state index contributed by atoms with van der Waals surface area (Å²) in [5.41, 5.74) is 0. The fourth-order valence-electron chi connectivity index (χ4n) is 0. The molecule has 7 heteroatoms. The number of halogens is 6. The van der Waals surface area contributed by atoms with Crippen LogP contribution in [0.2, 0.25) is 0 Å². The molecule has 0 atom stereocenters. The first kappa shape index (κ1) is 7.07. The second kappa shape index (κ2) is 0.688. The molecule has 0 spiro atoms. The Bertz CT molecular complexity index is 62.7. The van der Waals surface area contributed by atoms with Gasteiger partial charge in [0, 0.05) is 0 Å². The van der Waals surface area contributed by atoms with Crippen molar-refractivity contribution in [2.24, 2.45) is 0 Å². The third-order valence-corrected chi connectivity index (χ3v) is 0. The average molecular weight is 173 g/mol. The van der Waals surface area contributed by atoms with Gasteiger partial charge < -0.3 is 0 Å². The zero-order chi connectivity index (χ0) is 6.41. The predicted molar refractivity (Wildman–Crippen MR) is 6.65 cm³/mol. The van der Waals surface area contributed by atoms with Gasteiger partial charge in [0.1, 0.15) is 0 Å². The molecule has 56 valence electrons. The molecular formula is F6Ni-4. The first-order valence-electron chi connectivity index (χ1n) is 0.717. The van der Waals surface area contributed by atoms with E-state index in [-0.39, 0.29) is 0 Å². The Morgan fingerprint density at radius 1 is 0.571 bits per heavy atom. The molecule has 0 unspecified atom stereocenters. The van der Waals surface area contributed by atoms with Crippen molar-refractivity contribution in [2.75, 3.05) is 0 Å². The van der Waals surface area contributed by atoms with Crippen molar-refractivity contribution in [3.8, 4) is 0 Å². The zero-order valence-electron chi connectivity index (χ0n) is 2.58. The average Bonchev–Trinajstić information content (AvgIpc) is 0.592. The summed E-state index contributed by atoms with van der Waals surface area (Å²) in [6.45, 7) is 0. The van der Waals surface area contributed by atoms with E-state index >= 15 is 0 Å². The van der Waals surface area contributed by atoms with Crippen LogP contribution in [0.3, 0.4) is 0 Å². The SMILES string of the molecule is [F][Ni-4]([F])([F])([F])([F])[F]. The Hall–Kier alpha value is 0.0735. The first-order valence-corrected chi connectivity index (χ1v) is 2.96. The van der Waals surface area contributed by atoms with Gasteiger partial charge in [-0.25, -0.2) is 0 Å². The Kier molecular flexibility index (Phi) is 0.695. The monoisotopic (exact) mass is 172 g/mol. The van der Waals surface area contributed by atoms with Gasteiger partial charge in [0.25, 0.3) is 0 Å². The molecule has 0 saturated carbocycles. The summed E-state index contributed by atoms with van der Waals surface area (Å²) in [6.07, 6.45) is 0. The van der Waals surface area contributed by atoms with Crippen LogP contribution < -0.4 is 0 Å². The van der Waals surface area contributed by atoms with Crippen molar-refractivity contribution in [1.29, 1.82) is 0 Å². The molecule has 0 aliphatic carbocycles. The van der Waals surface area contributed by atoms with Crippen LogP contribution in [0.4, 0.5) is 21.6 Å². The molecular weight excluding hydrogens is 173 g/mol. The molecule has 0 fully saturated rings. The maximum atomic E-state index is 9.85. The van der Waals surface area contributed by atoms with E-state index < -0.39 is 13.0 Å². The van der Waals surface area contributed by atoms with Crippen LogP contribution in [0.1, 0.15) is 0 Å². The van der Waals surface area contributed by atoms with Gasteiger partial charge in [-0.05, 0) is 0 Å². The fraction of sp³-hybridized carbons (Fsp3) is 0. The molecule has 0 aromatic carbocycles. The van der Waals surface area contributed by atoms with Gasteiger partial charge in [0.2, 0.25) is 0 Å². The third-order valence-electron chi connectivity index (χ3n) is 0. The second-order valence-corrected chi connectivity index (χ2v) is 2.79. The molecule has 0 bridgehead atoms. The van der Waals surface area contributed by atoms with Crippen molar-refractivity contribution < 1.29 is 34.6 Å². The first-order chi connectivity index (χ1) is 2.45. The minimum absolute atomic E-state index is 9.85. The van der Waals surface area contributed by atoms with E-state index in [2.05, 4.69) is 0 Å². The molecule has 0 rings (SSSR count). The van der Waals surface area contributed by atoms with Crippen molar-refractivity contribution in [3.63, 3.8) is 0 Å². The Labute approximate surface area is 35.7 Å². The topological polar surface area (TPSA) is 0 Å². The van der Waals surface area contributed by atoms with Crippen LogP contribution in [-0.4, -0.2) is 0 Å². The van der Waals surface area contributed by atoms with E-state index in [0.717, 1.165) is 0 Å². The number of rotatable bonds is 0. The summed E-state index contributed by atoms with van der Waals surface area (Å²) < 4.78 is 59.1. The molecule has 0 aromatic heterocycles. The number of hydrogen-bond acceptors (Lipinski definition) is 0. The molecule has 0 aliphatic heterocycles. The van der Waals surface area contributed by atoms with Crippen LogP contribution in [0.25, 0.3) is 0 Å². The molecule has 7 heavy (non-hydrogen) atoms. The van der Waals surface area contributed by atoms with Crippen LogP contribution in [0.15, 0.2) is 0 Å². The molecule has 0 radical (unpaired) electrons. The van der Waals surface area contributed by atoms with E-state index in [1.54, 1.807) is 0 Å². The zero-order valence-corrected chi connectivity index (χ0v) is 3.57. The van der Waals surface area contributed by atoms with Crippen LogP contribution >= 0.6 is 0 Å². The van der Waals surface area contributed by atoms with Crippen molar-refractivity contribution in [1.82, 2.24) is 0 Å². The third kappa shape index (κ3) is 18700.